The molecular formula is C17H18N6O9P-. The van der Waals surface area contributed by atoms with E-state index in [2.05, 4.69) is 24.0 Å². The minimum absolute atomic E-state index is 0.0937. The average Bonchev–Trinajstić information content (AvgIpc) is 3.31. The number of nitrogens with two attached hydrogens (primary N) is 2. The number of phenolic OH excluding ortho intramolecular Hbond substituents is 1. The molecule has 1 aromatic carbocycles. The number of rotatable bonds is 6. The van der Waals surface area contributed by atoms with Crippen LogP contribution in [-0.2, 0) is 18.3 Å². The molecule has 0 saturated carbocycles. The second-order valence-electron chi connectivity index (χ2n) is 7.02. The second-order valence-corrected chi connectivity index (χ2v) is 8.36. The molecule has 3 aromatic rings. The summed E-state index contributed by atoms with van der Waals surface area (Å²) < 4.78 is 27.9. The molecular weight excluding hydrogens is 463 g/mol. The Morgan fingerprint density at radius 3 is 2.73 bits per heavy atom. The van der Waals surface area contributed by atoms with Gasteiger partial charge in [0, 0.05) is 0 Å². The Morgan fingerprint density at radius 2 is 2.00 bits per heavy atom. The number of hydrogen-bond donors (Lipinski definition) is 5. The van der Waals surface area contributed by atoms with E-state index in [1.807, 2.05) is 0 Å². The fourth-order valence-corrected chi connectivity index (χ4v) is 3.87. The number of aliphatic hydroxyl groups is 2. The zero-order valence-electron chi connectivity index (χ0n) is 16.6. The van der Waals surface area contributed by atoms with Crippen LogP contribution >= 0.6 is 7.82 Å². The molecule has 1 aliphatic rings. The number of fused-ring (bicyclic) bond motifs is 1. The molecule has 0 radical (unpaired) electrons. The number of nitrogens with zero attached hydrogens (tertiary/aromatic N) is 4. The summed E-state index contributed by atoms with van der Waals surface area (Å²) in [6.45, 7) is -0.774. The number of imidazole rings is 1. The second kappa shape index (κ2) is 8.55. The number of aromatic hydroxyl groups is 1. The van der Waals surface area contributed by atoms with Crippen molar-refractivity contribution < 1.29 is 43.4 Å². The normalized spacial score (nSPS) is 24.6. The van der Waals surface area contributed by atoms with Gasteiger partial charge in [0.05, 0.1) is 24.2 Å². The molecule has 0 amide bonds. The predicted molar refractivity (Wildman–Crippen MR) is 107 cm³/mol. The van der Waals surface area contributed by atoms with E-state index < -0.39 is 44.9 Å². The topological polar surface area (TPSA) is 241 Å². The lowest BCUT2D eigenvalue weighted by atomic mass is 10.1. The highest BCUT2D eigenvalue weighted by molar-refractivity contribution is 7.46. The Hall–Kier alpha value is -3.33. The van der Waals surface area contributed by atoms with Gasteiger partial charge in [0.2, 0.25) is 0 Å². The first kappa shape index (κ1) is 22.8. The highest BCUT2D eigenvalue weighted by Gasteiger charge is 2.45. The van der Waals surface area contributed by atoms with Crippen molar-refractivity contribution in [3.63, 3.8) is 0 Å². The standard InChI is InChI=1S/C17H19N6O9P/c18-8-3-7(1-2-9(8)24)17(27)32-33(28,29)30-4-10-12(25)13(26)16(31-10)23-6-22-11-14(19)20-5-21-15(11)23/h1-3,5-6,10,12-13,16,24-26H,4,18H2,(H,28,29)(H2,19,20,21)/p-1/t10-,12-,13-,16-/m1/s1. The van der Waals surface area contributed by atoms with Crippen LogP contribution in [0.3, 0.4) is 0 Å². The van der Waals surface area contributed by atoms with E-state index in [0.717, 1.165) is 18.2 Å². The molecule has 33 heavy (non-hydrogen) atoms. The zero-order valence-corrected chi connectivity index (χ0v) is 17.5. The third-order valence-corrected chi connectivity index (χ3v) is 5.71. The summed E-state index contributed by atoms with van der Waals surface area (Å²) in [5.41, 5.74) is 11.2. The molecule has 0 bridgehead atoms. The highest BCUT2D eigenvalue weighted by atomic mass is 31.2. The third-order valence-electron chi connectivity index (χ3n) is 4.85. The van der Waals surface area contributed by atoms with Crippen LogP contribution in [0.1, 0.15) is 16.6 Å². The minimum atomic E-state index is -5.20. The van der Waals surface area contributed by atoms with E-state index in [9.17, 15) is 29.6 Å². The van der Waals surface area contributed by atoms with E-state index >= 15 is 0 Å². The van der Waals surface area contributed by atoms with Crippen LogP contribution in [0.4, 0.5) is 11.5 Å². The SMILES string of the molecule is Nc1cc(C(=O)OP(=O)([O-])OC[C@H]2O[C@@H](n3cnc4c(N)ncnc43)[C@H](O)[C@@H]2O)ccc1O. The van der Waals surface area contributed by atoms with Crippen LogP contribution in [0.5, 0.6) is 5.75 Å². The van der Waals surface area contributed by atoms with Gasteiger partial charge in [0.1, 0.15) is 35.9 Å². The Balaban J connectivity index is 1.42. The summed E-state index contributed by atoms with van der Waals surface area (Å²) in [7, 11) is -5.20. The molecule has 7 N–H and O–H groups in total. The molecule has 1 fully saturated rings. The van der Waals surface area contributed by atoms with E-state index in [1.54, 1.807) is 0 Å². The number of anilines is 2. The van der Waals surface area contributed by atoms with Crippen molar-refractivity contribution in [1.82, 2.24) is 19.5 Å². The van der Waals surface area contributed by atoms with Crippen molar-refractivity contribution in [2.45, 2.75) is 24.5 Å². The Bertz CT molecular complexity index is 1250. The molecule has 2 aromatic heterocycles. The van der Waals surface area contributed by atoms with Crippen molar-refractivity contribution in [3.8, 4) is 5.75 Å². The Labute approximate surface area is 184 Å². The smallest absolute Gasteiger partial charge is 0.343 e. The molecule has 15 nitrogen and oxygen atoms in total. The number of phenols is 1. The summed E-state index contributed by atoms with van der Waals surface area (Å²) in [5.74, 6) is -1.50. The number of benzene rings is 1. The van der Waals surface area contributed by atoms with Gasteiger partial charge in [0.15, 0.2) is 17.7 Å². The Morgan fingerprint density at radius 1 is 1.24 bits per heavy atom. The molecule has 4 rings (SSSR count). The third kappa shape index (κ3) is 4.45. The van der Waals surface area contributed by atoms with Crippen LogP contribution in [0.15, 0.2) is 30.9 Å². The van der Waals surface area contributed by atoms with Crippen LogP contribution in [0, 0.1) is 0 Å². The number of nitrogen functional groups attached to an aromatic ring is 2. The Kier molecular flexibility index (Phi) is 5.92. The van der Waals surface area contributed by atoms with E-state index in [4.69, 9.17) is 16.2 Å². The van der Waals surface area contributed by atoms with Crippen LogP contribution in [0.25, 0.3) is 11.2 Å². The van der Waals surface area contributed by atoms with Crippen molar-refractivity contribution in [2.75, 3.05) is 18.1 Å². The first-order valence-corrected chi connectivity index (χ1v) is 10.8. The van der Waals surface area contributed by atoms with Gasteiger partial charge < -0.3 is 45.5 Å². The molecule has 5 atom stereocenters. The minimum Gasteiger partial charge on any atom is -0.746 e. The van der Waals surface area contributed by atoms with Gasteiger partial charge in [-0.2, -0.15) is 0 Å². The lowest BCUT2D eigenvalue weighted by molar-refractivity contribution is -0.222. The summed E-state index contributed by atoms with van der Waals surface area (Å²) >= 11 is 0. The van der Waals surface area contributed by atoms with Crippen LogP contribution < -0.4 is 16.4 Å². The number of carbonyl (C=O) groups is 1. The fourth-order valence-electron chi connectivity index (χ4n) is 3.18. The summed E-state index contributed by atoms with van der Waals surface area (Å²) in [5, 5.41) is 30.0. The molecule has 3 heterocycles. The lowest BCUT2D eigenvalue weighted by Gasteiger charge is -2.24. The number of carbonyl (C=O) groups excluding carboxylic acids is 1. The summed E-state index contributed by atoms with van der Waals surface area (Å²) in [4.78, 5) is 36.0. The van der Waals surface area contributed by atoms with Gasteiger partial charge in [-0.1, -0.05) is 0 Å². The molecule has 1 unspecified atom stereocenters. The molecule has 1 aliphatic heterocycles. The number of aromatic nitrogens is 4. The van der Waals surface area contributed by atoms with Gasteiger partial charge in [-0.15, -0.1) is 0 Å². The molecule has 176 valence electrons. The maximum atomic E-state index is 12.1. The number of hydrogen-bond acceptors (Lipinski definition) is 14. The lowest BCUT2D eigenvalue weighted by Crippen LogP contribution is -2.34. The van der Waals surface area contributed by atoms with E-state index in [1.165, 1.54) is 17.2 Å². The number of ether oxygens (including phenoxy) is 1. The van der Waals surface area contributed by atoms with Gasteiger partial charge >= 0.3 is 13.8 Å². The van der Waals surface area contributed by atoms with Crippen molar-refractivity contribution in [2.24, 2.45) is 0 Å². The molecule has 16 heteroatoms. The van der Waals surface area contributed by atoms with Gasteiger partial charge in [-0.05, 0) is 18.2 Å². The molecule has 0 spiro atoms. The van der Waals surface area contributed by atoms with Crippen LogP contribution in [0.2, 0.25) is 0 Å². The fraction of sp³-hybridized carbons (Fsp3) is 0.294. The summed E-state index contributed by atoms with van der Waals surface area (Å²) in [6, 6.07) is 3.21. The van der Waals surface area contributed by atoms with Crippen molar-refractivity contribution >= 4 is 36.5 Å². The largest absolute Gasteiger partial charge is 0.746 e. The highest BCUT2D eigenvalue weighted by Crippen LogP contribution is 2.41. The van der Waals surface area contributed by atoms with Gasteiger partial charge in [-0.3, -0.25) is 9.13 Å². The quantitative estimate of drug-likeness (QED) is 0.155. The van der Waals surface area contributed by atoms with Gasteiger partial charge in [0.25, 0.3) is 0 Å². The maximum Gasteiger partial charge on any atom is 0.343 e. The van der Waals surface area contributed by atoms with Crippen LogP contribution in [-0.4, -0.2) is 65.7 Å². The first-order chi connectivity index (χ1) is 15.6. The zero-order chi connectivity index (χ0) is 23.9. The average molecular weight is 481 g/mol. The number of phosphoric acid groups is 1. The number of aliphatic hydroxyl groups excluding tert-OH is 2. The molecule has 0 aliphatic carbocycles. The van der Waals surface area contributed by atoms with Crippen molar-refractivity contribution in [1.29, 1.82) is 0 Å². The first-order valence-electron chi connectivity index (χ1n) is 9.30. The summed E-state index contributed by atoms with van der Waals surface area (Å²) in [6.07, 6.45) is -3.12. The van der Waals surface area contributed by atoms with E-state index in [-0.39, 0.29) is 34.0 Å². The van der Waals surface area contributed by atoms with Crippen molar-refractivity contribution in [3.05, 3.63) is 36.4 Å². The predicted octanol–water partition coefficient (Wildman–Crippen LogP) is -1.34. The van der Waals surface area contributed by atoms with E-state index in [0.29, 0.717) is 0 Å². The monoisotopic (exact) mass is 481 g/mol. The number of phosphoric ester groups is 1. The van der Waals surface area contributed by atoms with Gasteiger partial charge in [-0.25, -0.2) is 19.7 Å². The molecule has 1 saturated heterocycles. The maximum absolute atomic E-state index is 12.1.